The first kappa shape index (κ1) is 16.4. The molecule has 0 aromatic rings. The third kappa shape index (κ3) is 2.27. The Hall–Kier alpha value is -0.0800. The lowest BCUT2D eigenvalue weighted by Gasteiger charge is -2.61. The van der Waals surface area contributed by atoms with Gasteiger partial charge in [-0.05, 0) is 105 Å². The molecule has 4 rings (SSSR count). The van der Waals surface area contributed by atoms with Crippen molar-refractivity contribution in [2.75, 3.05) is 0 Å². The zero-order valence-electron chi connectivity index (χ0n) is 15.3. The van der Waals surface area contributed by atoms with E-state index in [0.717, 1.165) is 36.5 Å². The molecule has 23 heavy (non-hydrogen) atoms. The van der Waals surface area contributed by atoms with Gasteiger partial charge < -0.3 is 10.2 Å². The van der Waals surface area contributed by atoms with E-state index >= 15 is 0 Å². The maximum Gasteiger partial charge on any atom is 0.0545 e. The van der Waals surface area contributed by atoms with Crippen LogP contribution in [-0.4, -0.2) is 22.4 Å². The quantitative estimate of drug-likeness (QED) is 0.752. The largest absolute Gasteiger partial charge is 0.393 e. The number of fused-ring (bicyclic) bond motifs is 5. The number of hydrogen-bond acceptors (Lipinski definition) is 2. The van der Waals surface area contributed by atoms with Crippen LogP contribution in [0.1, 0.15) is 78.6 Å². The zero-order chi connectivity index (χ0) is 16.4. The van der Waals surface area contributed by atoms with Gasteiger partial charge in [0, 0.05) is 0 Å². The van der Waals surface area contributed by atoms with Crippen LogP contribution in [0.4, 0.5) is 0 Å². The first-order valence-electron chi connectivity index (χ1n) is 10.2. The average molecular weight is 321 g/mol. The minimum absolute atomic E-state index is 0.0374. The highest BCUT2D eigenvalue weighted by Gasteiger charge is 2.60. The van der Waals surface area contributed by atoms with Crippen molar-refractivity contribution >= 4 is 0 Å². The number of aliphatic hydroxyl groups excluding tert-OH is 2. The zero-order valence-corrected chi connectivity index (χ0v) is 15.3. The van der Waals surface area contributed by atoms with Crippen molar-refractivity contribution in [1.82, 2.24) is 0 Å². The van der Waals surface area contributed by atoms with Crippen LogP contribution in [0.3, 0.4) is 0 Å². The summed E-state index contributed by atoms with van der Waals surface area (Å²) in [5.74, 6) is 3.87. The molecule has 9 atom stereocenters. The first-order valence-corrected chi connectivity index (χ1v) is 10.2. The summed E-state index contributed by atoms with van der Waals surface area (Å²) in [6.45, 7) is 7.08. The average Bonchev–Trinajstić information content (AvgIpc) is 2.85. The molecule has 0 spiro atoms. The summed E-state index contributed by atoms with van der Waals surface area (Å²) >= 11 is 0. The van der Waals surface area contributed by atoms with Gasteiger partial charge in [0.15, 0.2) is 0 Å². The summed E-state index contributed by atoms with van der Waals surface area (Å²) < 4.78 is 0. The highest BCUT2D eigenvalue weighted by molar-refractivity contribution is 5.09. The maximum absolute atomic E-state index is 10.3. The Morgan fingerprint density at radius 1 is 0.870 bits per heavy atom. The Bertz CT molecular complexity index is 461. The van der Waals surface area contributed by atoms with Crippen molar-refractivity contribution in [2.45, 2.75) is 90.8 Å². The number of aliphatic hydroxyl groups is 2. The topological polar surface area (TPSA) is 40.5 Å². The van der Waals surface area contributed by atoms with Crippen molar-refractivity contribution in [3.63, 3.8) is 0 Å². The lowest BCUT2D eigenvalue weighted by molar-refractivity contribution is -0.132. The van der Waals surface area contributed by atoms with Crippen LogP contribution < -0.4 is 0 Å². The Morgan fingerprint density at radius 2 is 1.57 bits per heavy atom. The Morgan fingerprint density at radius 3 is 2.30 bits per heavy atom. The molecular formula is C21H36O2. The second-order valence-electron chi connectivity index (χ2n) is 10.1. The molecule has 4 saturated carbocycles. The highest BCUT2D eigenvalue weighted by atomic mass is 16.3. The Labute approximate surface area is 142 Å². The molecule has 0 amide bonds. The molecule has 2 heteroatoms. The smallest absolute Gasteiger partial charge is 0.0545 e. The molecular weight excluding hydrogens is 284 g/mol. The van der Waals surface area contributed by atoms with Crippen LogP contribution in [0.5, 0.6) is 0 Å². The van der Waals surface area contributed by atoms with E-state index in [0.29, 0.717) is 16.7 Å². The predicted molar refractivity (Wildman–Crippen MR) is 92.9 cm³/mol. The van der Waals surface area contributed by atoms with E-state index in [-0.39, 0.29) is 12.2 Å². The molecule has 4 aliphatic carbocycles. The van der Waals surface area contributed by atoms with Gasteiger partial charge in [0.2, 0.25) is 0 Å². The van der Waals surface area contributed by atoms with Crippen molar-refractivity contribution < 1.29 is 10.2 Å². The molecule has 0 saturated heterocycles. The molecule has 0 aromatic heterocycles. The van der Waals surface area contributed by atoms with Gasteiger partial charge in [-0.2, -0.15) is 0 Å². The lowest BCUT2D eigenvalue weighted by Crippen LogP contribution is -2.54. The van der Waals surface area contributed by atoms with Crippen molar-refractivity contribution in [3.8, 4) is 0 Å². The summed E-state index contributed by atoms with van der Waals surface area (Å²) in [6.07, 6.45) is 11.1. The SMILES string of the molecule is C[C@H](O)C1CC[C@H]2[C@@H]3CC[C@H]4C[C@@H](O)CC[C@]4(C)[C@H]3CC[C@]12C. The molecule has 2 nitrogen and oxygen atoms in total. The van der Waals surface area contributed by atoms with Crippen LogP contribution in [0, 0.1) is 40.4 Å². The molecule has 132 valence electrons. The lowest BCUT2D eigenvalue weighted by atomic mass is 9.44. The van der Waals surface area contributed by atoms with Crippen LogP contribution in [0.15, 0.2) is 0 Å². The van der Waals surface area contributed by atoms with E-state index in [1.165, 1.54) is 44.9 Å². The van der Waals surface area contributed by atoms with E-state index in [4.69, 9.17) is 0 Å². The maximum atomic E-state index is 10.3. The minimum atomic E-state index is -0.140. The van der Waals surface area contributed by atoms with Crippen LogP contribution in [-0.2, 0) is 0 Å². The van der Waals surface area contributed by atoms with Crippen LogP contribution in [0.25, 0.3) is 0 Å². The van der Waals surface area contributed by atoms with Gasteiger partial charge in [-0.3, -0.25) is 0 Å². The number of hydrogen-bond donors (Lipinski definition) is 2. The first-order chi connectivity index (χ1) is 10.9. The summed E-state index contributed by atoms with van der Waals surface area (Å²) in [4.78, 5) is 0. The van der Waals surface area contributed by atoms with E-state index in [9.17, 15) is 10.2 Å². The fourth-order valence-corrected chi connectivity index (χ4v) is 8.07. The molecule has 0 aromatic carbocycles. The normalized spacial score (nSPS) is 57.3. The second kappa shape index (κ2) is 5.46. The van der Waals surface area contributed by atoms with Crippen molar-refractivity contribution in [1.29, 1.82) is 0 Å². The van der Waals surface area contributed by atoms with Gasteiger partial charge in [0.05, 0.1) is 12.2 Å². The molecule has 4 fully saturated rings. The van der Waals surface area contributed by atoms with E-state index < -0.39 is 0 Å². The monoisotopic (exact) mass is 320 g/mol. The third-order valence-electron chi connectivity index (χ3n) is 9.29. The Kier molecular flexibility index (Phi) is 3.89. The van der Waals surface area contributed by atoms with Crippen LogP contribution in [0.2, 0.25) is 0 Å². The molecule has 4 aliphatic rings. The van der Waals surface area contributed by atoms with E-state index in [1.54, 1.807) is 0 Å². The van der Waals surface area contributed by atoms with Gasteiger partial charge in [0.1, 0.15) is 0 Å². The number of rotatable bonds is 1. The van der Waals surface area contributed by atoms with Crippen molar-refractivity contribution in [2.24, 2.45) is 40.4 Å². The molecule has 0 bridgehead atoms. The molecule has 2 N–H and O–H groups in total. The standard InChI is InChI=1S/C21H36O2/c1-13(22)17-6-7-18-16-5-4-14-12-15(23)8-10-20(14,2)19(16)9-11-21(17,18)3/h13-19,22-23H,4-12H2,1-3H3/t13-,14-,15-,16-,17?,18-,19-,20-,21+/m0/s1. The van der Waals surface area contributed by atoms with Gasteiger partial charge in [0.25, 0.3) is 0 Å². The summed E-state index contributed by atoms with van der Waals surface area (Å²) in [6, 6.07) is 0. The highest BCUT2D eigenvalue weighted by Crippen LogP contribution is 2.67. The molecule has 0 aliphatic heterocycles. The van der Waals surface area contributed by atoms with Crippen molar-refractivity contribution in [3.05, 3.63) is 0 Å². The molecule has 1 unspecified atom stereocenters. The van der Waals surface area contributed by atoms with E-state index in [1.807, 2.05) is 6.92 Å². The summed E-state index contributed by atoms with van der Waals surface area (Å²) in [7, 11) is 0. The van der Waals surface area contributed by atoms with Crippen LogP contribution >= 0.6 is 0 Å². The van der Waals surface area contributed by atoms with Gasteiger partial charge in [-0.1, -0.05) is 13.8 Å². The van der Waals surface area contributed by atoms with E-state index in [2.05, 4.69) is 13.8 Å². The summed E-state index contributed by atoms with van der Waals surface area (Å²) in [5, 5.41) is 20.4. The Balaban J connectivity index is 1.60. The second-order valence-corrected chi connectivity index (χ2v) is 10.1. The fraction of sp³-hybridized carbons (Fsp3) is 1.00. The summed E-state index contributed by atoms with van der Waals surface area (Å²) in [5.41, 5.74) is 0.860. The molecule has 0 radical (unpaired) electrons. The molecule has 0 heterocycles. The predicted octanol–water partition coefficient (Wildman–Crippen LogP) is 4.39. The third-order valence-corrected chi connectivity index (χ3v) is 9.29. The van der Waals surface area contributed by atoms with Gasteiger partial charge in [-0.25, -0.2) is 0 Å². The minimum Gasteiger partial charge on any atom is -0.393 e. The van der Waals surface area contributed by atoms with Gasteiger partial charge in [-0.15, -0.1) is 0 Å². The fourth-order valence-electron chi connectivity index (χ4n) is 8.07. The van der Waals surface area contributed by atoms with Gasteiger partial charge >= 0.3 is 0 Å².